The van der Waals surface area contributed by atoms with Crippen molar-refractivity contribution in [2.75, 3.05) is 37.4 Å². The zero-order chi connectivity index (χ0) is 22.9. The van der Waals surface area contributed by atoms with Crippen LogP contribution in [0.2, 0.25) is 0 Å². The lowest BCUT2D eigenvalue weighted by atomic mass is 10.1. The first-order valence-electron chi connectivity index (χ1n) is 11.6. The average molecular weight is 465 g/mol. The summed E-state index contributed by atoms with van der Waals surface area (Å²) in [5.74, 6) is 0. The second-order valence-electron chi connectivity index (χ2n) is 8.41. The van der Waals surface area contributed by atoms with Crippen LogP contribution in [0.25, 0.3) is 0 Å². The normalized spacial score (nSPS) is 20.2. The molecule has 2 aliphatic rings. The number of anilines is 1. The van der Waals surface area contributed by atoms with E-state index in [0.717, 1.165) is 52.0 Å². The first-order chi connectivity index (χ1) is 16.1. The molecule has 4 rings (SSSR count). The summed E-state index contributed by atoms with van der Waals surface area (Å²) < 4.78 is 27.5. The van der Waals surface area contributed by atoms with Gasteiger partial charge in [-0.25, -0.2) is 4.98 Å². The van der Waals surface area contributed by atoms with Crippen molar-refractivity contribution in [1.29, 1.82) is 0 Å². The second-order valence-corrected chi connectivity index (χ2v) is 10.0. The third kappa shape index (κ3) is 6.79. The molecule has 0 amide bonds. The zero-order valence-corrected chi connectivity index (χ0v) is 19.8. The summed E-state index contributed by atoms with van der Waals surface area (Å²) in [5, 5.41) is 0.0203. The number of nitrogens with zero attached hydrogens (tertiary/aromatic N) is 3. The van der Waals surface area contributed by atoms with Crippen molar-refractivity contribution in [3.63, 3.8) is 0 Å². The smallest absolute Gasteiger partial charge is 0.279 e. The molecule has 174 valence electrons. The molecule has 1 aromatic carbocycles. The number of nitrogens with one attached hydrogen (secondary N) is 1. The van der Waals surface area contributed by atoms with Gasteiger partial charge in [0.15, 0.2) is 5.03 Å². The maximum absolute atomic E-state index is 12.4. The van der Waals surface area contributed by atoms with E-state index in [4.69, 9.17) is 0 Å². The summed E-state index contributed by atoms with van der Waals surface area (Å²) in [4.78, 5) is 9.01. The second kappa shape index (κ2) is 11.3. The fourth-order valence-corrected chi connectivity index (χ4v) is 5.21. The highest BCUT2D eigenvalue weighted by Crippen LogP contribution is 2.18. The van der Waals surface area contributed by atoms with Gasteiger partial charge < -0.3 is 9.80 Å². The van der Waals surface area contributed by atoms with Crippen molar-refractivity contribution < 1.29 is 8.42 Å². The molecular weight excluding hydrogens is 432 g/mol. The van der Waals surface area contributed by atoms with Crippen LogP contribution in [-0.4, -0.2) is 55.9 Å². The monoisotopic (exact) mass is 464 g/mol. The van der Waals surface area contributed by atoms with E-state index in [9.17, 15) is 8.42 Å². The fourth-order valence-electron chi connectivity index (χ4n) is 4.21. The van der Waals surface area contributed by atoms with Gasteiger partial charge in [0.05, 0.1) is 0 Å². The van der Waals surface area contributed by atoms with Gasteiger partial charge in [-0.1, -0.05) is 42.5 Å². The molecule has 7 heteroatoms. The Balaban J connectivity index is 1.27. The highest BCUT2D eigenvalue weighted by molar-refractivity contribution is 7.92. The standard InChI is InChI=1S/C26H32N4O2S/c31-33(32,26-11-6-7-17-27-26)28-24-14-12-23(13-15-24)16-20-29-18-8-19-30(22-21-29)25-9-4-2-1-3-5-10-25/h1-4,6-7,9,11-15,17,28H,5,8,10,16,18-22H2/b3-1?,4-2-,25-9+. The van der Waals surface area contributed by atoms with E-state index in [-0.39, 0.29) is 5.03 Å². The van der Waals surface area contributed by atoms with Crippen molar-refractivity contribution >= 4 is 15.7 Å². The molecule has 0 bridgehead atoms. The van der Waals surface area contributed by atoms with Gasteiger partial charge in [0.2, 0.25) is 0 Å². The summed E-state index contributed by atoms with van der Waals surface area (Å²) >= 11 is 0. The Kier molecular flexibility index (Phi) is 7.96. The number of hydrogen-bond donors (Lipinski definition) is 1. The van der Waals surface area contributed by atoms with E-state index >= 15 is 0 Å². The fraction of sp³-hybridized carbons (Fsp3) is 0.346. The number of rotatable bonds is 7. The summed E-state index contributed by atoms with van der Waals surface area (Å²) in [6.07, 6.45) is 16.7. The lowest BCUT2D eigenvalue weighted by Crippen LogP contribution is -2.31. The topological polar surface area (TPSA) is 65.5 Å². The third-order valence-corrected chi connectivity index (χ3v) is 7.34. The van der Waals surface area contributed by atoms with E-state index in [1.54, 1.807) is 12.1 Å². The summed E-state index contributed by atoms with van der Waals surface area (Å²) in [7, 11) is -3.67. The van der Waals surface area contributed by atoms with Gasteiger partial charge in [-0.3, -0.25) is 4.72 Å². The summed E-state index contributed by atoms with van der Waals surface area (Å²) in [6.45, 7) is 5.37. The Hall–Kier alpha value is -2.90. The first kappa shape index (κ1) is 23.3. The number of pyridine rings is 1. The molecule has 1 aliphatic heterocycles. The number of sulfonamides is 1. The molecule has 1 saturated heterocycles. The van der Waals surface area contributed by atoms with Gasteiger partial charge in [-0.2, -0.15) is 8.42 Å². The molecule has 0 saturated carbocycles. The molecule has 33 heavy (non-hydrogen) atoms. The number of hydrogen-bond acceptors (Lipinski definition) is 5. The van der Waals surface area contributed by atoms with Crippen molar-refractivity contribution in [2.24, 2.45) is 0 Å². The van der Waals surface area contributed by atoms with Gasteiger partial charge in [0, 0.05) is 43.8 Å². The predicted octanol–water partition coefficient (Wildman–Crippen LogP) is 4.22. The van der Waals surface area contributed by atoms with Crippen molar-refractivity contribution in [1.82, 2.24) is 14.8 Å². The molecule has 2 heterocycles. The van der Waals surface area contributed by atoms with Crippen molar-refractivity contribution in [3.05, 3.63) is 90.3 Å². The van der Waals surface area contributed by atoms with Gasteiger partial charge in [0.25, 0.3) is 10.0 Å². The molecule has 6 nitrogen and oxygen atoms in total. The van der Waals surface area contributed by atoms with Crippen LogP contribution in [0.3, 0.4) is 0 Å². The summed E-state index contributed by atoms with van der Waals surface area (Å²) in [5.41, 5.74) is 3.20. The number of benzene rings is 1. The Labute approximate surface area is 197 Å². The van der Waals surface area contributed by atoms with Crippen LogP contribution < -0.4 is 4.72 Å². The van der Waals surface area contributed by atoms with Gasteiger partial charge >= 0.3 is 0 Å². The van der Waals surface area contributed by atoms with E-state index in [0.29, 0.717) is 5.69 Å². The molecule has 2 aromatic rings. The number of allylic oxidation sites excluding steroid dienone is 6. The largest absolute Gasteiger partial charge is 0.373 e. The maximum Gasteiger partial charge on any atom is 0.279 e. The predicted molar refractivity (Wildman–Crippen MR) is 133 cm³/mol. The van der Waals surface area contributed by atoms with Crippen LogP contribution in [0, 0.1) is 0 Å². The molecular formula is C26H32N4O2S. The van der Waals surface area contributed by atoms with Crippen molar-refractivity contribution in [3.8, 4) is 0 Å². The highest BCUT2D eigenvalue weighted by atomic mass is 32.2. The number of aromatic nitrogens is 1. The molecule has 0 spiro atoms. The average Bonchev–Trinajstić information content (AvgIpc) is 3.05. The van der Waals surface area contributed by atoms with E-state index in [2.05, 4.69) is 49.9 Å². The molecule has 1 aliphatic carbocycles. The van der Waals surface area contributed by atoms with Crippen LogP contribution in [0.1, 0.15) is 24.8 Å². The minimum atomic E-state index is -3.67. The minimum Gasteiger partial charge on any atom is -0.373 e. The van der Waals surface area contributed by atoms with E-state index in [1.165, 1.54) is 29.9 Å². The first-order valence-corrected chi connectivity index (χ1v) is 13.1. The van der Waals surface area contributed by atoms with Crippen molar-refractivity contribution in [2.45, 2.75) is 30.7 Å². The van der Waals surface area contributed by atoms with Crippen LogP contribution in [0.4, 0.5) is 5.69 Å². The minimum absolute atomic E-state index is 0.0203. The van der Waals surface area contributed by atoms with Gasteiger partial charge in [-0.05, 0) is 68.1 Å². The Morgan fingerprint density at radius 3 is 2.64 bits per heavy atom. The van der Waals surface area contributed by atoms with Crippen LogP contribution >= 0.6 is 0 Å². The molecule has 1 aromatic heterocycles. The Morgan fingerprint density at radius 1 is 0.939 bits per heavy atom. The van der Waals surface area contributed by atoms with Gasteiger partial charge in [-0.15, -0.1) is 0 Å². The summed E-state index contributed by atoms with van der Waals surface area (Å²) in [6, 6.07) is 12.5. The quantitative estimate of drug-likeness (QED) is 0.665. The lowest BCUT2D eigenvalue weighted by molar-refractivity contribution is 0.279. The molecule has 1 N–H and O–H groups in total. The maximum atomic E-state index is 12.4. The molecule has 0 unspecified atom stereocenters. The Morgan fingerprint density at radius 2 is 1.82 bits per heavy atom. The van der Waals surface area contributed by atoms with E-state index in [1.807, 2.05) is 24.3 Å². The molecule has 0 atom stereocenters. The van der Waals surface area contributed by atoms with Gasteiger partial charge in [0.1, 0.15) is 0 Å². The molecule has 1 fully saturated rings. The zero-order valence-electron chi connectivity index (χ0n) is 18.9. The molecule has 0 radical (unpaired) electrons. The third-order valence-electron chi connectivity index (χ3n) is 6.04. The lowest BCUT2D eigenvalue weighted by Gasteiger charge is -2.26. The highest BCUT2D eigenvalue weighted by Gasteiger charge is 2.17. The van der Waals surface area contributed by atoms with Crippen LogP contribution in [0.5, 0.6) is 0 Å². The van der Waals surface area contributed by atoms with E-state index < -0.39 is 10.0 Å². The van der Waals surface area contributed by atoms with Crippen LogP contribution in [0.15, 0.2) is 89.8 Å². The SMILES string of the molecule is O=S(=O)(Nc1ccc(CCN2CCCN(/C3=C/C=C\C=CCC3)CC2)cc1)c1ccccn1. The van der Waals surface area contributed by atoms with Crippen LogP contribution in [-0.2, 0) is 16.4 Å². The Bertz CT molecular complexity index is 1090.